The van der Waals surface area contributed by atoms with E-state index in [0.717, 1.165) is 78.2 Å². The van der Waals surface area contributed by atoms with Gasteiger partial charge in [0.1, 0.15) is 0 Å². The molecular formula is C21H31NO3. The van der Waals surface area contributed by atoms with E-state index in [1.165, 1.54) is 5.56 Å². The number of nitrogens with zero attached hydrogens (tertiary/aromatic N) is 1. The number of hydrogen-bond acceptors (Lipinski definition) is 4. The zero-order valence-corrected chi connectivity index (χ0v) is 15.2. The fourth-order valence-corrected chi connectivity index (χ4v) is 4.40. The second-order valence-electron chi connectivity index (χ2n) is 7.97. The first-order chi connectivity index (χ1) is 12.3. The molecule has 138 valence electrons. The van der Waals surface area contributed by atoms with E-state index in [9.17, 15) is 0 Å². The molecule has 3 aliphatic rings. The van der Waals surface area contributed by atoms with Gasteiger partial charge < -0.3 is 14.2 Å². The van der Waals surface area contributed by atoms with Crippen molar-refractivity contribution in [2.75, 3.05) is 39.5 Å². The predicted octanol–water partition coefficient (Wildman–Crippen LogP) is 3.25. The van der Waals surface area contributed by atoms with Crippen LogP contribution in [0.4, 0.5) is 0 Å². The van der Waals surface area contributed by atoms with E-state index < -0.39 is 0 Å². The molecule has 0 aromatic heterocycles. The van der Waals surface area contributed by atoms with Crippen LogP contribution in [0.25, 0.3) is 0 Å². The van der Waals surface area contributed by atoms with E-state index in [4.69, 9.17) is 14.2 Å². The van der Waals surface area contributed by atoms with Crippen molar-refractivity contribution in [2.24, 2.45) is 5.92 Å². The molecule has 0 radical (unpaired) electrons. The molecule has 0 saturated carbocycles. The van der Waals surface area contributed by atoms with E-state index in [1.54, 1.807) is 0 Å². The molecule has 0 amide bonds. The van der Waals surface area contributed by atoms with Gasteiger partial charge in [0.2, 0.25) is 0 Å². The highest BCUT2D eigenvalue weighted by atomic mass is 16.6. The van der Waals surface area contributed by atoms with E-state index in [1.807, 2.05) is 0 Å². The topological polar surface area (TPSA) is 30.9 Å². The van der Waals surface area contributed by atoms with Crippen LogP contribution >= 0.6 is 0 Å². The highest BCUT2D eigenvalue weighted by molar-refractivity contribution is 5.14. The number of benzene rings is 1. The van der Waals surface area contributed by atoms with E-state index in [2.05, 4.69) is 35.2 Å². The summed E-state index contributed by atoms with van der Waals surface area (Å²) in [5.41, 5.74) is 1.48. The van der Waals surface area contributed by atoms with Gasteiger partial charge in [-0.2, -0.15) is 0 Å². The van der Waals surface area contributed by atoms with E-state index in [-0.39, 0.29) is 5.60 Å². The molecule has 1 aromatic rings. The summed E-state index contributed by atoms with van der Waals surface area (Å²) in [4.78, 5) is 2.56. The number of hydrogen-bond donors (Lipinski definition) is 0. The van der Waals surface area contributed by atoms with E-state index >= 15 is 0 Å². The molecule has 3 fully saturated rings. The maximum absolute atomic E-state index is 6.26. The SMILES string of the molecule is c1ccc(CN2CCC3(CC2)C[C@@H](OCC2CCOCC2)CO3)cc1. The number of piperidine rings is 1. The van der Waals surface area contributed by atoms with Crippen LogP contribution in [-0.2, 0) is 20.8 Å². The lowest BCUT2D eigenvalue weighted by Crippen LogP contribution is -2.44. The van der Waals surface area contributed by atoms with Crippen molar-refractivity contribution in [1.82, 2.24) is 4.90 Å². The molecule has 0 bridgehead atoms. The fraction of sp³-hybridized carbons (Fsp3) is 0.714. The zero-order valence-electron chi connectivity index (χ0n) is 15.2. The highest BCUT2D eigenvalue weighted by Crippen LogP contribution is 2.37. The molecule has 0 unspecified atom stereocenters. The summed E-state index contributed by atoms with van der Waals surface area (Å²) in [6, 6.07) is 10.8. The lowest BCUT2D eigenvalue weighted by atomic mass is 9.87. The molecule has 1 aromatic carbocycles. The van der Waals surface area contributed by atoms with Gasteiger partial charge in [0.25, 0.3) is 0 Å². The predicted molar refractivity (Wildman–Crippen MR) is 97.5 cm³/mol. The average molecular weight is 345 g/mol. The minimum atomic E-state index is 0.0769. The summed E-state index contributed by atoms with van der Waals surface area (Å²) in [7, 11) is 0. The molecule has 1 spiro atoms. The van der Waals surface area contributed by atoms with Gasteiger partial charge in [-0.3, -0.25) is 4.90 Å². The van der Waals surface area contributed by atoms with Crippen LogP contribution in [0, 0.1) is 5.92 Å². The first-order valence-electron chi connectivity index (χ1n) is 9.91. The number of rotatable bonds is 5. The van der Waals surface area contributed by atoms with Crippen molar-refractivity contribution in [3.8, 4) is 0 Å². The van der Waals surface area contributed by atoms with Crippen molar-refractivity contribution >= 4 is 0 Å². The third-order valence-electron chi connectivity index (χ3n) is 6.10. The van der Waals surface area contributed by atoms with Gasteiger partial charge in [-0.1, -0.05) is 30.3 Å². The average Bonchev–Trinajstić information content (AvgIpc) is 3.07. The van der Waals surface area contributed by atoms with Gasteiger partial charge in [-0.05, 0) is 37.2 Å². The second-order valence-corrected chi connectivity index (χ2v) is 7.97. The summed E-state index contributed by atoms with van der Waals surface area (Å²) in [6.45, 7) is 6.77. The van der Waals surface area contributed by atoms with Crippen LogP contribution in [-0.4, -0.2) is 56.1 Å². The first kappa shape index (κ1) is 17.5. The number of likely N-dealkylation sites (tertiary alicyclic amines) is 1. The number of ether oxygens (including phenoxy) is 3. The quantitative estimate of drug-likeness (QED) is 0.820. The summed E-state index contributed by atoms with van der Waals surface area (Å²) in [6.07, 6.45) is 5.94. The second kappa shape index (κ2) is 8.17. The Morgan fingerprint density at radius 2 is 1.84 bits per heavy atom. The van der Waals surface area contributed by atoms with Gasteiger partial charge in [-0.15, -0.1) is 0 Å². The molecule has 3 heterocycles. The molecule has 0 aliphatic carbocycles. The molecule has 4 nitrogen and oxygen atoms in total. The summed E-state index contributed by atoms with van der Waals surface area (Å²) < 4.78 is 17.9. The maximum Gasteiger partial charge on any atom is 0.0836 e. The Kier molecular flexibility index (Phi) is 5.71. The van der Waals surface area contributed by atoms with Gasteiger partial charge in [0.15, 0.2) is 0 Å². The monoisotopic (exact) mass is 345 g/mol. The van der Waals surface area contributed by atoms with Crippen molar-refractivity contribution < 1.29 is 14.2 Å². The Hall–Kier alpha value is -0.940. The molecule has 0 N–H and O–H groups in total. The molecule has 1 atom stereocenters. The highest BCUT2D eigenvalue weighted by Gasteiger charge is 2.43. The van der Waals surface area contributed by atoms with Crippen LogP contribution in [0.3, 0.4) is 0 Å². The minimum absolute atomic E-state index is 0.0769. The summed E-state index contributed by atoms with van der Waals surface area (Å²) in [5.74, 6) is 0.679. The van der Waals surface area contributed by atoms with Crippen LogP contribution in [0.15, 0.2) is 30.3 Å². The van der Waals surface area contributed by atoms with Crippen LogP contribution < -0.4 is 0 Å². The zero-order chi connectivity index (χ0) is 17.0. The maximum atomic E-state index is 6.26. The Morgan fingerprint density at radius 3 is 2.60 bits per heavy atom. The lowest BCUT2D eigenvalue weighted by molar-refractivity contribution is -0.0479. The van der Waals surface area contributed by atoms with Crippen molar-refractivity contribution in [3.05, 3.63) is 35.9 Å². The van der Waals surface area contributed by atoms with Crippen molar-refractivity contribution in [2.45, 2.75) is 50.4 Å². The van der Waals surface area contributed by atoms with Crippen LogP contribution in [0.1, 0.15) is 37.7 Å². The third-order valence-corrected chi connectivity index (χ3v) is 6.10. The largest absolute Gasteiger partial charge is 0.381 e. The molecule has 3 saturated heterocycles. The Balaban J connectivity index is 1.20. The van der Waals surface area contributed by atoms with Gasteiger partial charge in [0.05, 0.1) is 24.9 Å². The normalized spacial score (nSPS) is 27.8. The van der Waals surface area contributed by atoms with Gasteiger partial charge in [-0.25, -0.2) is 0 Å². The Morgan fingerprint density at radius 1 is 1.08 bits per heavy atom. The van der Waals surface area contributed by atoms with Crippen molar-refractivity contribution in [3.63, 3.8) is 0 Å². The summed E-state index contributed by atoms with van der Waals surface area (Å²) >= 11 is 0. The fourth-order valence-electron chi connectivity index (χ4n) is 4.40. The molecule has 4 heteroatoms. The van der Waals surface area contributed by atoms with Gasteiger partial charge >= 0.3 is 0 Å². The lowest BCUT2D eigenvalue weighted by Gasteiger charge is -2.38. The summed E-state index contributed by atoms with van der Waals surface area (Å²) in [5, 5.41) is 0. The third kappa shape index (κ3) is 4.62. The standard InChI is InChI=1S/C21H31NO3/c1-2-4-18(5-3-1)15-22-10-8-21(9-11-22)14-20(17-25-21)24-16-19-6-12-23-13-7-19/h1-5,19-20H,6-17H2/t20-/m1/s1. The smallest absolute Gasteiger partial charge is 0.0836 e. The minimum Gasteiger partial charge on any atom is -0.381 e. The molecule has 25 heavy (non-hydrogen) atoms. The van der Waals surface area contributed by atoms with E-state index in [0.29, 0.717) is 12.0 Å². The van der Waals surface area contributed by atoms with Crippen molar-refractivity contribution in [1.29, 1.82) is 0 Å². The van der Waals surface area contributed by atoms with Crippen LogP contribution in [0.2, 0.25) is 0 Å². The Labute approximate surface area is 151 Å². The van der Waals surface area contributed by atoms with Gasteiger partial charge in [0, 0.05) is 39.3 Å². The molecular weight excluding hydrogens is 314 g/mol. The first-order valence-corrected chi connectivity index (χ1v) is 9.91. The van der Waals surface area contributed by atoms with Crippen LogP contribution in [0.5, 0.6) is 0 Å². The Bertz CT molecular complexity index is 521. The molecule has 3 aliphatic heterocycles. The molecule has 4 rings (SSSR count).